The zero-order valence-electron chi connectivity index (χ0n) is 11.4. The highest BCUT2D eigenvalue weighted by molar-refractivity contribution is 5.29. The maximum Gasteiger partial charge on any atom is 0.323 e. The third kappa shape index (κ3) is 3.40. The molecular formula is C12H18N6O. The number of ether oxygens (including phenoxy) is 1. The molecule has 19 heavy (non-hydrogen) atoms. The van der Waals surface area contributed by atoms with Gasteiger partial charge in [-0.2, -0.15) is 20.1 Å². The van der Waals surface area contributed by atoms with Gasteiger partial charge in [-0.05, 0) is 26.3 Å². The molecule has 2 aromatic heterocycles. The molecule has 0 atom stereocenters. The third-order valence-electron chi connectivity index (χ3n) is 2.30. The van der Waals surface area contributed by atoms with Gasteiger partial charge in [0.15, 0.2) is 0 Å². The van der Waals surface area contributed by atoms with Crippen molar-refractivity contribution in [1.29, 1.82) is 0 Å². The van der Waals surface area contributed by atoms with E-state index >= 15 is 0 Å². The van der Waals surface area contributed by atoms with Crippen LogP contribution >= 0.6 is 0 Å². The summed E-state index contributed by atoms with van der Waals surface area (Å²) < 4.78 is 7.08. The lowest BCUT2D eigenvalue weighted by Gasteiger charge is -2.08. The van der Waals surface area contributed by atoms with Crippen molar-refractivity contribution in [3.8, 4) is 12.0 Å². The Balaban J connectivity index is 2.33. The molecule has 7 nitrogen and oxygen atoms in total. The molecule has 2 aromatic rings. The largest absolute Gasteiger partial charge is 0.463 e. The fourth-order valence-electron chi connectivity index (χ4n) is 1.47. The van der Waals surface area contributed by atoms with Crippen molar-refractivity contribution in [2.75, 3.05) is 18.5 Å². The molecule has 0 aliphatic rings. The van der Waals surface area contributed by atoms with Gasteiger partial charge in [0, 0.05) is 12.7 Å². The highest BCUT2D eigenvalue weighted by Crippen LogP contribution is 2.11. The van der Waals surface area contributed by atoms with E-state index in [9.17, 15) is 0 Å². The first kappa shape index (κ1) is 13.3. The molecule has 0 radical (unpaired) electrons. The van der Waals surface area contributed by atoms with Gasteiger partial charge in [-0.15, -0.1) is 0 Å². The summed E-state index contributed by atoms with van der Waals surface area (Å²) in [5.41, 5.74) is 0.904. The van der Waals surface area contributed by atoms with Crippen LogP contribution in [0.2, 0.25) is 0 Å². The van der Waals surface area contributed by atoms with Crippen molar-refractivity contribution in [2.45, 2.75) is 27.2 Å². The maximum absolute atomic E-state index is 5.47. The summed E-state index contributed by atoms with van der Waals surface area (Å²) in [5.74, 6) is 0.942. The number of nitrogens with one attached hydrogen (secondary N) is 1. The Hall–Kier alpha value is -2.18. The molecular weight excluding hydrogens is 244 g/mol. The molecule has 0 aromatic carbocycles. The molecule has 0 amide bonds. The number of hydrogen-bond donors (Lipinski definition) is 1. The molecule has 1 N–H and O–H groups in total. The van der Waals surface area contributed by atoms with E-state index in [0.717, 1.165) is 18.7 Å². The molecule has 7 heteroatoms. The minimum atomic E-state index is 0.316. The lowest BCUT2D eigenvalue weighted by atomic mass is 10.5. The van der Waals surface area contributed by atoms with Crippen LogP contribution < -0.4 is 10.1 Å². The van der Waals surface area contributed by atoms with Gasteiger partial charge in [0.2, 0.25) is 5.95 Å². The fourth-order valence-corrected chi connectivity index (χ4v) is 1.47. The van der Waals surface area contributed by atoms with Gasteiger partial charge < -0.3 is 10.1 Å². The molecule has 0 fully saturated rings. The molecule has 0 aliphatic heterocycles. The van der Waals surface area contributed by atoms with Crippen molar-refractivity contribution < 1.29 is 4.74 Å². The van der Waals surface area contributed by atoms with E-state index < -0.39 is 0 Å². The smallest absolute Gasteiger partial charge is 0.323 e. The Bertz CT molecular complexity index is 539. The first-order valence-electron chi connectivity index (χ1n) is 6.38. The lowest BCUT2D eigenvalue weighted by Crippen LogP contribution is -2.11. The highest BCUT2D eigenvalue weighted by atomic mass is 16.5. The molecule has 2 rings (SSSR count). The topological polar surface area (TPSA) is 77.8 Å². The molecule has 102 valence electrons. The first-order chi connectivity index (χ1) is 9.22. The van der Waals surface area contributed by atoms with Crippen molar-refractivity contribution in [2.24, 2.45) is 0 Å². The predicted octanol–water partition coefficient (Wildman–Crippen LogP) is 1.59. The van der Waals surface area contributed by atoms with E-state index in [-0.39, 0.29) is 0 Å². The number of anilines is 1. The van der Waals surface area contributed by atoms with Crippen LogP contribution in [0.1, 0.15) is 26.0 Å². The van der Waals surface area contributed by atoms with Gasteiger partial charge >= 0.3 is 6.01 Å². The highest BCUT2D eigenvalue weighted by Gasteiger charge is 2.09. The van der Waals surface area contributed by atoms with Crippen LogP contribution in [0, 0.1) is 6.92 Å². The van der Waals surface area contributed by atoms with Crippen LogP contribution in [0.15, 0.2) is 12.3 Å². The molecule has 0 saturated heterocycles. The average molecular weight is 262 g/mol. The third-order valence-corrected chi connectivity index (χ3v) is 2.30. The second-order valence-corrected chi connectivity index (χ2v) is 4.02. The zero-order chi connectivity index (χ0) is 13.7. The Morgan fingerprint density at radius 3 is 2.74 bits per heavy atom. The van der Waals surface area contributed by atoms with E-state index in [2.05, 4.69) is 25.4 Å². The molecule has 0 aliphatic carbocycles. The summed E-state index contributed by atoms with van der Waals surface area (Å²) in [7, 11) is 0. The second-order valence-electron chi connectivity index (χ2n) is 4.02. The Morgan fingerprint density at radius 2 is 2.11 bits per heavy atom. The van der Waals surface area contributed by atoms with Crippen LogP contribution in [0.4, 0.5) is 5.95 Å². The minimum absolute atomic E-state index is 0.316. The monoisotopic (exact) mass is 262 g/mol. The summed E-state index contributed by atoms with van der Waals surface area (Å²) in [5, 5.41) is 7.34. The van der Waals surface area contributed by atoms with E-state index in [1.54, 1.807) is 4.68 Å². The van der Waals surface area contributed by atoms with Gasteiger partial charge in [-0.3, -0.25) is 0 Å². The van der Waals surface area contributed by atoms with E-state index in [1.807, 2.05) is 33.0 Å². The molecule has 2 heterocycles. The van der Waals surface area contributed by atoms with Crippen LogP contribution in [0.25, 0.3) is 5.95 Å². The Labute approximate surface area is 112 Å². The van der Waals surface area contributed by atoms with Crippen LogP contribution in [-0.2, 0) is 0 Å². The minimum Gasteiger partial charge on any atom is -0.463 e. The van der Waals surface area contributed by atoms with Gasteiger partial charge in [-0.1, -0.05) is 6.92 Å². The molecule has 0 bridgehead atoms. The van der Waals surface area contributed by atoms with E-state index in [1.165, 1.54) is 0 Å². The molecule has 0 spiro atoms. The van der Waals surface area contributed by atoms with Crippen molar-refractivity contribution in [3.05, 3.63) is 18.0 Å². The summed E-state index contributed by atoms with van der Waals surface area (Å²) in [4.78, 5) is 12.8. The van der Waals surface area contributed by atoms with Crippen molar-refractivity contribution in [3.63, 3.8) is 0 Å². The van der Waals surface area contributed by atoms with Gasteiger partial charge in [0.1, 0.15) is 0 Å². The number of aromatic nitrogens is 5. The van der Waals surface area contributed by atoms with Crippen molar-refractivity contribution >= 4 is 5.95 Å². The zero-order valence-corrected chi connectivity index (χ0v) is 11.4. The fraction of sp³-hybridized carbons (Fsp3) is 0.500. The summed E-state index contributed by atoms with van der Waals surface area (Å²) >= 11 is 0. The molecule has 0 unspecified atom stereocenters. The number of rotatable bonds is 6. The van der Waals surface area contributed by atoms with Crippen LogP contribution in [0.5, 0.6) is 6.01 Å². The first-order valence-corrected chi connectivity index (χ1v) is 6.38. The summed E-state index contributed by atoms with van der Waals surface area (Å²) in [6.07, 6.45) is 2.71. The van der Waals surface area contributed by atoms with E-state index in [4.69, 9.17) is 4.74 Å². The van der Waals surface area contributed by atoms with Gasteiger partial charge in [0.05, 0.1) is 12.3 Å². The lowest BCUT2D eigenvalue weighted by molar-refractivity contribution is 0.291. The Kier molecular flexibility index (Phi) is 4.27. The van der Waals surface area contributed by atoms with Gasteiger partial charge in [0.25, 0.3) is 5.95 Å². The predicted molar refractivity (Wildman–Crippen MR) is 71.6 cm³/mol. The van der Waals surface area contributed by atoms with E-state index in [0.29, 0.717) is 24.5 Å². The number of aryl methyl sites for hydroxylation is 1. The van der Waals surface area contributed by atoms with Crippen molar-refractivity contribution in [1.82, 2.24) is 24.7 Å². The number of hydrogen-bond acceptors (Lipinski definition) is 6. The quantitative estimate of drug-likeness (QED) is 0.851. The molecule has 0 saturated carbocycles. The SMILES string of the molecule is CCCOc1nc(NCC)nc(-n2ccc(C)n2)n1. The summed E-state index contributed by atoms with van der Waals surface area (Å²) in [6, 6.07) is 2.21. The maximum atomic E-state index is 5.47. The normalized spacial score (nSPS) is 10.5. The van der Waals surface area contributed by atoms with Gasteiger partial charge in [-0.25, -0.2) is 4.68 Å². The second kappa shape index (κ2) is 6.12. The standard InChI is InChI=1S/C12H18N6O/c1-4-8-19-12-15-10(13-5-2)14-11(16-12)18-7-6-9(3)17-18/h6-7H,4-5,8H2,1-3H3,(H,13,14,15,16). The van der Waals surface area contributed by atoms with Crippen LogP contribution in [0.3, 0.4) is 0 Å². The van der Waals surface area contributed by atoms with Crippen LogP contribution in [-0.4, -0.2) is 37.9 Å². The average Bonchev–Trinajstić information content (AvgIpc) is 2.83. The Morgan fingerprint density at radius 1 is 1.26 bits per heavy atom. The number of nitrogens with zero attached hydrogens (tertiary/aromatic N) is 5. The summed E-state index contributed by atoms with van der Waals surface area (Å²) in [6.45, 7) is 7.23.